The van der Waals surface area contributed by atoms with Crippen LogP contribution in [0, 0.1) is 11.3 Å². The van der Waals surface area contributed by atoms with Gasteiger partial charge in [-0.25, -0.2) is 24.9 Å². The molecular weight excluding hydrogens is 528 g/mol. The number of likely N-dealkylation sites (tertiary alicyclic amines) is 1. The van der Waals surface area contributed by atoms with Crippen LogP contribution in [-0.4, -0.2) is 49.0 Å². The first-order valence-electron chi connectivity index (χ1n) is 13.6. The van der Waals surface area contributed by atoms with E-state index in [0.29, 0.717) is 11.9 Å². The van der Waals surface area contributed by atoms with Gasteiger partial charge in [-0.1, -0.05) is 54.6 Å². The van der Waals surface area contributed by atoms with Gasteiger partial charge in [0.1, 0.15) is 17.4 Å². The molecule has 1 aliphatic rings. The topological polar surface area (TPSA) is 104 Å². The molecule has 0 radical (unpaired) electrons. The molecule has 4 heterocycles. The maximum atomic E-state index is 9.04. The normalized spacial score (nSPS) is 14.3. The highest BCUT2D eigenvalue weighted by atomic mass is 32.1. The fraction of sp³-hybridized carbons (Fsp3) is 0.188. The van der Waals surface area contributed by atoms with Crippen LogP contribution in [0.4, 0.5) is 5.82 Å². The third-order valence-corrected chi connectivity index (χ3v) is 8.36. The lowest BCUT2D eigenvalue weighted by Gasteiger charge is -2.32. The van der Waals surface area contributed by atoms with Gasteiger partial charge in [0.15, 0.2) is 0 Å². The van der Waals surface area contributed by atoms with E-state index in [-0.39, 0.29) is 5.82 Å². The van der Waals surface area contributed by atoms with E-state index in [1.807, 2.05) is 48.0 Å². The van der Waals surface area contributed by atoms with Crippen molar-refractivity contribution >= 4 is 38.4 Å². The van der Waals surface area contributed by atoms with Crippen LogP contribution in [0.1, 0.15) is 24.2 Å². The highest BCUT2D eigenvalue weighted by Gasteiger charge is 2.20. The fourth-order valence-electron chi connectivity index (χ4n) is 5.40. The molecule has 200 valence electrons. The minimum absolute atomic E-state index is 0.193. The Labute approximate surface area is 241 Å². The highest BCUT2D eigenvalue weighted by Crippen LogP contribution is 2.34. The summed E-state index contributed by atoms with van der Waals surface area (Å²) in [5.41, 5.74) is 9.73. The van der Waals surface area contributed by atoms with E-state index >= 15 is 0 Å². The quantitative estimate of drug-likeness (QED) is 0.255. The monoisotopic (exact) mass is 554 g/mol. The summed E-state index contributed by atoms with van der Waals surface area (Å²) in [6.07, 6.45) is 3.66. The van der Waals surface area contributed by atoms with Crippen LogP contribution in [0.3, 0.4) is 0 Å². The number of aromatic nitrogens is 5. The van der Waals surface area contributed by atoms with Crippen LogP contribution in [0.5, 0.6) is 0 Å². The molecule has 0 unspecified atom stereocenters. The summed E-state index contributed by atoms with van der Waals surface area (Å²) in [5, 5.41) is 12.5. The number of nitrogens with one attached hydrogen (secondary N) is 1. The van der Waals surface area contributed by atoms with Crippen LogP contribution in [0.2, 0.25) is 0 Å². The van der Waals surface area contributed by atoms with Crippen molar-refractivity contribution in [1.82, 2.24) is 29.8 Å². The molecule has 7 rings (SSSR count). The molecule has 9 heteroatoms. The Morgan fingerprint density at radius 3 is 2.39 bits per heavy atom. The summed E-state index contributed by atoms with van der Waals surface area (Å²) >= 11 is 1.60. The third kappa shape index (κ3) is 5.23. The Hall–Kier alpha value is -4.78. The molecule has 0 amide bonds. The first kappa shape index (κ1) is 25.2. The summed E-state index contributed by atoms with van der Waals surface area (Å²) < 4.78 is 1.07. The Balaban J connectivity index is 1.10. The average molecular weight is 555 g/mol. The van der Waals surface area contributed by atoms with E-state index < -0.39 is 0 Å². The van der Waals surface area contributed by atoms with Gasteiger partial charge in [0.2, 0.25) is 5.82 Å². The minimum Gasteiger partial charge on any atom is -0.367 e. The number of fused-ring (bicyclic) bond motifs is 3. The van der Waals surface area contributed by atoms with Gasteiger partial charge in [-0.3, -0.25) is 4.90 Å². The Kier molecular flexibility index (Phi) is 6.77. The minimum atomic E-state index is 0.193. The molecule has 1 fully saturated rings. The maximum absolute atomic E-state index is 9.04. The van der Waals surface area contributed by atoms with Crippen LogP contribution in [-0.2, 0) is 6.54 Å². The number of rotatable bonds is 6. The molecule has 6 aromatic rings. The lowest BCUT2D eigenvalue weighted by molar-refractivity contribution is 0.211. The molecule has 0 spiro atoms. The molecule has 1 saturated heterocycles. The standard InChI is InChI=1S/C32H26N8S/c33-18-28-34-15-12-27(38-28)36-24-13-16-40(17-14-24)19-21-6-8-23(9-7-21)30-29(22-4-2-1-3-5-22)37-25-10-11-26-32(31(25)39-30)41-20-35-26/h1-12,15,20,24H,13-14,16-17,19H2,(H,34,36,38). The zero-order valence-electron chi connectivity index (χ0n) is 22.2. The molecule has 3 aromatic carbocycles. The van der Waals surface area contributed by atoms with Gasteiger partial charge in [-0.05, 0) is 36.6 Å². The van der Waals surface area contributed by atoms with E-state index in [4.69, 9.17) is 15.2 Å². The van der Waals surface area contributed by atoms with Gasteiger partial charge in [0, 0.05) is 43.0 Å². The zero-order chi connectivity index (χ0) is 27.6. The second kappa shape index (κ2) is 11.0. The number of hydrogen-bond acceptors (Lipinski definition) is 9. The second-order valence-corrected chi connectivity index (χ2v) is 11.0. The number of hydrogen-bond donors (Lipinski definition) is 1. The molecule has 41 heavy (non-hydrogen) atoms. The number of thiazole rings is 1. The first-order valence-corrected chi connectivity index (χ1v) is 14.5. The molecule has 0 saturated carbocycles. The van der Waals surface area contributed by atoms with Crippen molar-refractivity contribution in [2.75, 3.05) is 18.4 Å². The molecular formula is C32H26N8S. The summed E-state index contributed by atoms with van der Waals surface area (Å²) in [6.45, 7) is 2.89. The Morgan fingerprint density at radius 2 is 1.59 bits per heavy atom. The van der Waals surface area contributed by atoms with Crippen molar-refractivity contribution in [2.24, 2.45) is 0 Å². The van der Waals surface area contributed by atoms with E-state index in [0.717, 1.165) is 76.2 Å². The predicted octanol–water partition coefficient (Wildman–Crippen LogP) is 6.31. The van der Waals surface area contributed by atoms with Crippen molar-refractivity contribution in [3.8, 4) is 28.6 Å². The largest absolute Gasteiger partial charge is 0.367 e. The summed E-state index contributed by atoms with van der Waals surface area (Å²) in [7, 11) is 0. The molecule has 0 atom stereocenters. The first-order chi connectivity index (χ1) is 20.2. The Bertz CT molecular complexity index is 1870. The lowest BCUT2D eigenvalue weighted by atomic mass is 10.0. The average Bonchev–Trinajstić information content (AvgIpc) is 3.52. The predicted molar refractivity (Wildman–Crippen MR) is 162 cm³/mol. The lowest BCUT2D eigenvalue weighted by Crippen LogP contribution is -2.38. The van der Waals surface area contributed by atoms with E-state index in [1.54, 1.807) is 17.5 Å². The van der Waals surface area contributed by atoms with E-state index in [2.05, 4.69) is 61.6 Å². The third-order valence-electron chi connectivity index (χ3n) is 7.51. The van der Waals surface area contributed by atoms with Gasteiger partial charge in [-0.15, -0.1) is 11.3 Å². The number of benzene rings is 3. The number of nitrogens with zero attached hydrogens (tertiary/aromatic N) is 7. The van der Waals surface area contributed by atoms with Gasteiger partial charge < -0.3 is 5.32 Å². The van der Waals surface area contributed by atoms with Crippen molar-refractivity contribution in [1.29, 1.82) is 5.26 Å². The number of nitriles is 1. The van der Waals surface area contributed by atoms with Crippen LogP contribution in [0.15, 0.2) is 84.5 Å². The Morgan fingerprint density at radius 1 is 0.829 bits per heavy atom. The molecule has 0 aliphatic carbocycles. The fourth-order valence-corrected chi connectivity index (χ4v) is 6.18. The van der Waals surface area contributed by atoms with E-state index in [1.165, 1.54) is 5.56 Å². The molecule has 3 aromatic heterocycles. The molecule has 8 nitrogen and oxygen atoms in total. The van der Waals surface area contributed by atoms with Crippen LogP contribution >= 0.6 is 11.3 Å². The second-order valence-electron chi connectivity index (χ2n) is 10.2. The van der Waals surface area contributed by atoms with Crippen molar-refractivity contribution in [3.05, 3.63) is 95.9 Å². The van der Waals surface area contributed by atoms with Gasteiger partial charge in [-0.2, -0.15) is 5.26 Å². The molecule has 1 aliphatic heterocycles. The smallest absolute Gasteiger partial charge is 0.234 e. The van der Waals surface area contributed by atoms with Gasteiger partial charge in [0.25, 0.3) is 0 Å². The highest BCUT2D eigenvalue weighted by molar-refractivity contribution is 7.17. The summed E-state index contributed by atoms with van der Waals surface area (Å²) in [5.74, 6) is 0.909. The van der Waals surface area contributed by atoms with E-state index in [9.17, 15) is 0 Å². The van der Waals surface area contributed by atoms with Crippen molar-refractivity contribution < 1.29 is 0 Å². The summed E-state index contributed by atoms with van der Waals surface area (Å²) in [6, 6.07) is 27.2. The number of anilines is 1. The zero-order valence-corrected chi connectivity index (χ0v) is 23.1. The molecule has 1 N–H and O–H groups in total. The van der Waals surface area contributed by atoms with Crippen LogP contribution in [0.25, 0.3) is 43.8 Å². The van der Waals surface area contributed by atoms with Crippen molar-refractivity contribution in [2.45, 2.75) is 25.4 Å². The maximum Gasteiger partial charge on any atom is 0.234 e. The summed E-state index contributed by atoms with van der Waals surface area (Å²) in [4.78, 5) is 25.4. The number of piperidine rings is 1. The SMILES string of the molecule is N#Cc1nccc(NC2CCN(Cc3ccc(-c4nc5c(ccc6ncsc65)nc4-c4ccccc4)cc3)CC2)n1. The van der Waals surface area contributed by atoms with Gasteiger partial charge in [0.05, 0.1) is 32.6 Å². The van der Waals surface area contributed by atoms with Gasteiger partial charge >= 0.3 is 0 Å². The molecule has 0 bridgehead atoms. The van der Waals surface area contributed by atoms with Crippen LogP contribution < -0.4 is 5.32 Å². The van der Waals surface area contributed by atoms with Crippen molar-refractivity contribution in [3.63, 3.8) is 0 Å².